The number of aromatic nitrogens is 1. The predicted molar refractivity (Wildman–Crippen MR) is 78.7 cm³/mol. The zero-order valence-electron chi connectivity index (χ0n) is 12.3. The molecule has 1 fully saturated rings. The molecule has 21 heavy (non-hydrogen) atoms. The largest absolute Gasteiger partial charge is 0.465 e. The molecule has 116 valence electrons. The molecule has 7 nitrogen and oxygen atoms in total. The van der Waals surface area contributed by atoms with Gasteiger partial charge in [-0.15, -0.1) is 0 Å². The zero-order chi connectivity index (χ0) is 15.4. The Hall–Kier alpha value is -1.67. The molecule has 0 radical (unpaired) electrons. The van der Waals surface area contributed by atoms with Crippen LogP contribution in [0, 0.1) is 6.92 Å². The molecular formula is C13H19N3O4S. The molecule has 1 saturated heterocycles. The van der Waals surface area contributed by atoms with Crippen LogP contribution in [0.5, 0.6) is 0 Å². The molecule has 1 atom stereocenters. The van der Waals surface area contributed by atoms with Crippen LogP contribution in [0.2, 0.25) is 0 Å². The van der Waals surface area contributed by atoms with Crippen molar-refractivity contribution in [1.82, 2.24) is 9.88 Å². The molecule has 0 aromatic carbocycles. The van der Waals surface area contributed by atoms with E-state index in [-0.39, 0.29) is 5.91 Å². The number of nitrogens with zero attached hydrogens (tertiary/aromatic N) is 2. The Morgan fingerprint density at radius 2 is 2.10 bits per heavy atom. The van der Waals surface area contributed by atoms with Crippen LogP contribution < -0.4 is 5.32 Å². The van der Waals surface area contributed by atoms with Crippen LogP contribution >= 0.6 is 11.3 Å². The van der Waals surface area contributed by atoms with Crippen LogP contribution in [-0.2, 0) is 14.3 Å². The molecule has 2 heterocycles. The average molecular weight is 313 g/mol. The molecule has 1 aromatic heterocycles. The van der Waals surface area contributed by atoms with Crippen molar-refractivity contribution in [2.24, 2.45) is 0 Å². The first kappa shape index (κ1) is 15.7. The summed E-state index contributed by atoms with van der Waals surface area (Å²) in [5.74, 6) is -0.407. The van der Waals surface area contributed by atoms with Gasteiger partial charge in [0.25, 0.3) is 0 Å². The summed E-state index contributed by atoms with van der Waals surface area (Å²) in [5, 5.41) is 3.59. The lowest BCUT2D eigenvalue weighted by atomic mass is 10.2. The molecule has 0 spiro atoms. The topological polar surface area (TPSA) is 80.8 Å². The first-order chi connectivity index (χ1) is 10.0. The van der Waals surface area contributed by atoms with Gasteiger partial charge < -0.3 is 19.7 Å². The molecule has 2 rings (SSSR count). The maximum absolute atomic E-state index is 12.3. The Kier molecular flexibility index (Phi) is 5.13. The molecule has 8 heteroatoms. The number of rotatable bonds is 4. The molecule has 1 aliphatic rings. The Labute approximate surface area is 127 Å². The van der Waals surface area contributed by atoms with Crippen LogP contribution in [0.3, 0.4) is 0 Å². The van der Waals surface area contributed by atoms with Crippen molar-refractivity contribution in [3.63, 3.8) is 0 Å². The number of carbonyl (C=O) groups is 2. The van der Waals surface area contributed by atoms with Gasteiger partial charge >= 0.3 is 5.97 Å². The van der Waals surface area contributed by atoms with Gasteiger partial charge in [0.15, 0.2) is 5.13 Å². The van der Waals surface area contributed by atoms with Gasteiger partial charge in [0.2, 0.25) is 5.91 Å². The lowest BCUT2D eigenvalue weighted by molar-refractivity contribution is -0.135. The van der Waals surface area contributed by atoms with E-state index < -0.39 is 12.0 Å². The summed E-state index contributed by atoms with van der Waals surface area (Å²) < 4.78 is 9.92. The number of ether oxygens (including phenoxy) is 2. The Morgan fingerprint density at radius 3 is 2.71 bits per heavy atom. The number of aryl methyl sites for hydroxylation is 1. The van der Waals surface area contributed by atoms with E-state index >= 15 is 0 Å². The van der Waals surface area contributed by atoms with Gasteiger partial charge in [-0.25, -0.2) is 9.78 Å². The van der Waals surface area contributed by atoms with Crippen molar-refractivity contribution < 1.29 is 19.1 Å². The van der Waals surface area contributed by atoms with Crippen LogP contribution in [0.15, 0.2) is 0 Å². The third-order valence-corrected chi connectivity index (χ3v) is 4.27. The summed E-state index contributed by atoms with van der Waals surface area (Å²) in [4.78, 5) is 30.3. The second-order valence-corrected chi connectivity index (χ2v) is 5.73. The molecule has 0 aliphatic carbocycles. The summed E-state index contributed by atoms with van der Waals surface area (Å²) in [6.07, 6.45) is 0. The van der Waals surface area contributed by atoms with Gasteiger partial charge in [-0.2, -0.15) is 0 Å². The maximum Gasteiger partial charge on any atom is 0.350 e. The Bertz CT molecular complexity index is 525. The lowest BCUT2D eigenvalue weighted by Gasteiger charge is -2.29. The highest BCUT2D eigenvalue weighted by Crippen LogP contribution is 2.24. The number of thiazole rings is 1. The van der Waals surface area contributed by atoms with Crippen LogP contribution in [-0.4, -0.2) is 61.2 Å². The minimum absolute atomic E-state index is 0.00534. The Balaban J connectivity index is 2.00. The highest BCUT2D eigenvalue weighted by Gasteiger charge is 2.24. The fraction of sp³-hybridized carbons (Fsp3) is 0.615. The number of carbonyl (C=O) groups excluding carboxylic acids is 2. The summed E-state index contributed by atoms with van der Waals surface area (Å²) in [6, 6.07) is -0.404. The quantitative estimate of drug-likeness (QED) is 0.832. The number of anilines is 1. The Morgan fingerprint density at radius 1 is 1.43 bits per heavy atom. The number of methoxy groups -OCH3 is 1. The number of hydrogen-bond donors (Lipinski definition) is 1. The molecular weight excluding hydrogens is 294 g/mol. The van der Waals surface area contributed by atoms with E-state index in [1.165, 1.54) is 18.4 Å². The third-order valence-electron chi connectivity index (χ3n) is 3.20. The maximum atomic E-state index is 12.3. The van der Waals surface area contributed by atoms with E-state index in [4.69, 9.17) is 9.47 Å². The lowest BCUT2D eigenvalue weighted by Crippen LogP contribution is -2.46. The van der Waals surface area contributed by atoms with Gasteiger partial charge in [0.1, 0.15) is 10.9 Å². The fourth-order valence-corrected chi connectivity index (χ4v) is 3.02. The number of amides is 1. The predicted octanol–water partition coefficient (Wildman–Crippen LogP) is 0.897. The molecule has 1 amide bonds. The van der Waals surface area contributed by atoms with Crippen molar-refractivity contribution in [2.75, 3.05) is 38.7 Å². The molecule has 0 bridgehead atoms. The third kappa shape index (κ3) is 3.70. The first-order valence-corrected chi connectivity index (χ1v) is 7.53. The van der Waals surface area contributed by atoms with Crippen molar-refractivity contribution in [3.05, 3.63) is 10.6 Å². The fourth-order valence-electron chi connectivity index (χ4n) is 2.04. The zero-order valence-corrected chi connectivity index (χ0v) is 13.2. The standard InChI is InChI=1S/C13H19N3O4S/c1-8-10(12(18)19-3)21-13(14-8)15-9(2)11(17)16-4-6-20-7-5-16/h9H,4-7H2,1-3H3,(H,14,15). The second-order valence-electron chi connectivity index (χ2n) is 4.73. The van der Waals surface area contributed by atoms with E-state index in [0.717, 1.165) is 0 Å². The van der Waals surface area contributed by atoms with Gasteiger partial charge in [0.05, 0.1) is 26.0 Å². The summed E-state index contributed by atoms with van der Waals surface area (Å²) in [6.45, 7) is 5.88. The highest BCUT2D eigenvalue weighted by molar-refractivity contribution is 7.17. The van der Waals surface area contributed by atoms with E-state index in [0.29, 0.717) is 42.0 Å². The number of esters is 1. The minimum Gasteiger partial charge on any atom is -0.465 e. The highest BCUT2D eigenvalue weighted by atomic mass is 32.1. The van der Waals surface area contributed by atoms with Crippen molar-refractivity contribution in [3.8, 4) is 0 Å². The monoisotopic (exact) mass is 313 g/mol. The van der Waals surface area contributed by atoms with Crippen LogP contribution in [0.4, 0.5) is 5.13 Å². The van der Waals surface area contributed by atoms with Gasteiger partial charge in [-0.3, -0.25) is 4.79 Å². The smallest absolute Gasteiger partial charge is 0.350 e. The van der Waals surface area contributed by atoms with Crippen molar-refractivity contribution in [2.45, 2.75) is 19.9 Å². The van der Waals surface area contributed by atoms with E-state index in [1.54, 1.807) is 18.7 Å². The summed E-state index contributed by atoms with van der Waals surface area (Å²) in [7, 11) is 1.33. The van der Waals surface area contributed by atoms with E-state index in [2.05, 4.69) is 10.3 Å². The van der Waals surface area contributed by atoms with Gasteiger partial charge in [0, 0.05) is 13.1 Å². The minimum atomic E-state index is -0.412. The van der Waals surface area contributed by atoms with E-state index in [1.807, 2.05) is 0 Å². The number of hydrogen-bond acceptors (Lipinski definition) is 7. The normalized spacial score (nSPS) is 16.4. The molecule has 1 unspecified atom stereocenters. The van der Waals surface area contributed by atoms with Crippen LogP contribution in [0.1, 0.15) is 22.3 Å². The molecule has 1 N–H and O–H groups in total. The molecule has 1 aromatic rings. The first-order valence-electron chi connectivity index (χ1n) is 6.71. The molecule has 1 aliphatic heterocycles. The number of nitrogens with one attached hydrogen (secondary N) is 1. The van der Waals surface area contributed by atoms with Crippen molar-refractivity contribution >= 4 is 28.3 Å². The molecule has 0 saturated carbocycles. The van der Waals surface area contributed by atoms with Gasteiger partial charge in [-0.1, -0.05) is 11.3 Å². The van der Waals surface area contributed by atoms with Gasteiger partial charge in [-0.05, 0) is 13.8 Å². The van der Waals surface area contributed by atoms with Crippen LogP contribution in [0.25, 0.3) is 0 Å². The second kappa shape index (κ2) is 6.86. The summed E-state index contributed by atoms with van der Waals surface area (Å²) in [5.41, 5.74) is 0.598. The van der Waals surface area contributed by atoms with Crippen molar-refractivity contribution in [1.29, 1.82) is 0 Å². The summed E-state index contributed by atoms with van der Waals surface area (Å²) >= 11 is 1.19. The number of morpholine rings is 1. The SMILES string of the molecule is COC(=O)c1sc(NC(C)C(=O)N2CCOCC2)nc1C. The average Bonchev–Trinajstić information content (AvgIpc) is 2.87. The van der Waals surface area contributed by atoms with E-state index in [9.17, 15) is 9.59 Å².